The molecule has 0 aliphatic rings. The van der Waals surface area contributed by atoms with E-state index >= 15 is 0 Å². The third-order valence-corrected chi connectivity index (χ3v) is 4.04. The van der Waals surface area contributed by atoms with Crippen molar-refractivity contribution in [2.24, 2.45) is 0 Å². The highest BCUT2D eigenvalue weighted by molar-refractivity contribution is 7.97. The van der Waals surface area contributed by atoms with E-state index in [1.165, 1.54) is 22.2 Å². The molecular weight excluding hydrogens is 314 g/mol. The lowest BCUT2D eigenvalue weighted by molar-refractivity contribution is 0.984. The Balaban J connectivity index is 1.75. The second-order valence-electron chi connectivity index (χ2n) is 4.98. The Morgan fingerprint density at radius 2 is 1.83 bits per heavy atom. The topological polar surface area (TPSA) is 125 Å². The summed E-state index contributed by atoms with van der Waals surface area (Å²) in [5, 5.41) is 0. The zero-order valence-corrected chi connectivity index (χ0v) is 13.2. The molecule has 0 amide bonds. The number of anilines is 2. The summed E-state index contributed by atoms with van der Waals surface area (Å²) in [4.78, 5) is 28.3. The highest BCUT2D eigenvalue weighted by atomic mass is 32.2. The highest BCUT2D eigenvalue weighted by Crippen LogP contribution is 2.15. The summed E-state index contributed by atoms with van der Waals surface area (Å²) in [5.74, 6) is 1.78. The number of nitrogen functional groups attached to an aromatic ring is 2. The van der Waals surface area contributed by atoms with Crippen molar-refractivity contribution >= 4 is 29.3 Å². The van der Waals surface area contributed by atoms with Gasteiger partial charge in [0.15, 0.2) is 0 Å². The fourth-order valence-electron chi connectivity index (χ4n) is 2.10. The van der Waals surface area contributed by atoms with E-state index in [2.05, 4.69) is 19.9 Å². The van der Waals surface area contributed by atoms with E-state index in [9.17, 15) is 4.79 Å². The largest absolute Gasteiger partial charge is 0.368 e. The molecule has 3 rings (SSSR count). The minimum atomic E-state index is -0.0979. The molecule has 0 aliphatic heterocycles. The highest BCUT2D eigenvalue weighted by Gasteiger charge is 2.05. The summed E-state index contributed by atoms with van der Waals surface area (Å²) in [5.41, 5.74) is 13.4. The van der Waals surface area contributed by atoms with Crippen LogP contribution in [0.2, 0.25) is 0 Å². The minimum absolute atomic E-state index is 0.0979. The Morgan fingerprint density at radius 3 is 2.57 bits per heavy atom. The Morgan fingerprint density at radius 1 is 1.09 bits per heavy atom. The lowest BCUT2D eigenvalue weighted by atomic mass is 10.3. The Kier molecular flexibility index (Phi) is 4.11. The van der Waals surface area contributed by atoms with Gasteiger partial charge >= 0.3 is 0 Å². The predicted octanol–water partition coefficient (Wildman–Crippen LogP) is 0.786. The standard InChI is InChI=1S/C14H15N7OS/c1-8-2-3-21-11(4-8)17-9(5-12(21)22)6-23-7-10-18-13(15)20-14(16)19-10/h2-5H,6-7H2,1H3,(H4,15,16,18,19,20). The van der Waals surface area contributed by atoms with Crippen molar-refractivity contribution < 1.29 is 0 Å². The average Bonchev–Trinajstić information content (AvgIpc) is 2.45. The molecule has 0 fully saturated rings. The van der Waals surface area contributed by atoms with Crippen LogP contribution in [-0.4, -0.2) is 24.3 Å². The monoisotopic (exact) mass is 329 g/mol. The normalized spacial score (nSPS) is 11.0. The quantitative estimate of drug-likeness (QED) is 0.719. The molecular formula is C14H15N7OS. The van der Waals surface area contributed by atoms with E-state index < -0.39 is 0 Å². The van der Waals surface area contributed by atoms with Crippen LogP contribution in [0.15, 0.2) is 29.2 Å². The lowest BCUT2D eigenvalue weighted by Gasteiger charge is -2.05. The second kappa shape index (κ2) is 6.21. The van der Waals surface area contributed by atoms with Crippen molar-refractivity contribution in [1.29, 1.82) is 0 Å². The first-order valence-corrected chi connectivity index (χ1v) is 7.99. The molecule has 118 valence electrons. The van der Waals surface area contributed by atoms with Crippen LogP contribution in [0.3, 0.4) is 0 Å². The number of hydrogen-bond acceptors (Lipinski definition) is 8. The van der Waals surface area contributed by atoms with E-state index in [0.717, 1.165) is 5.56 Å². The number of aryl methyl sites for hydroxylation is 1. The maximum Gasteiger partial charge on any atom is 0.258 e. The van der Waals surface area contributed by atoms with Gasteiger partial charge in [-0.1, -0.05) is 0 Å². The smallest absolute Gasteiger partial charge is 0.258 e. The zero-order chi connectivity index (χ0) is 16.4. The van der Waals surface area contributed by atoms with Gasteiger partial charge < -0.3 is 11.5 Å². The molecule has 4 N–H and O–H groups in total. The Labute approximate surface area is 136 Å². The van der Waals surface area contributed by atoms with E-state index in [0.29, 0.717) is 28.7 Å². The number of nitrogens with zero attached hydrogens (tertiary/aromatic N) is 5. The van der Waals surface area contributed by atoms with Gasteiger partial charge in [-0.3, -0.25) is 9.20 Å². The first-order chi connectivity index (χ1) is 11.0. The van der Waals surface area contributed by atoms with Crippen LogP contribution in [0.1, 0.15) is 17.1 Å². The lowest BCUT2D eigenvalue weighted by Crippen LogP contribution is -2.15. The van der Waals surface area contributed by atoms with Crippen LogP contribution in [0.5, 0.6) is 0 Å². The fraction of sp³-hybridized carbons (Fsp3) is 0.214. The summed E-state index contributed by atoms with van der Waals surface area (Å²) in [6.45, 7) is 1.96. The number of aromatic nitrogens is 5. The van der Waals surface area contributed by atoms with Gasteiger partial charge in [0.05, 0.1) is 11.4 Å². The molecule has 0 bridgehead atoms. The number of fused-ring (bicyclic) bond motifs is 1. The fourth-order valence-corrected chi connectivity index (χ4v) is 2.87. The van der Waals surface area contributed by atoms with Crippen LogP contribution in [0, 0.1) is 6.92 Å². The number of pyridine rings is 1. The van der Waals surface area contributed by atoms with E-state index in [4.69, 9.17) is 11.5 Å². The van der Waals surface area contributed by atoms with Crippen molar-refractivity contribution in [3.63, 3.8) is 0 Å². The van der Waals surface area contributed by atoms with Gasteiger partial charge in [0.2, 0.25) is 11.9 Å². The molecule has 0 aromatic carbocycles. The van der Waals surface area contributed by atoms with Gasteiger partial charge in [-0.05, 0) is 24.6 Å². The molecule has 8 nitrogen and oxygen atoms in total. The number of thioether (sulfide) groups is 1. The maximum atomic E-state index is 12.1. The van der Waals surface area contributed by atoms with Gasteiger partial charge in [-0.2, -0.15) is 15.0 Å². The van der Waals surface area contributed by atoms with Crippen LogP contribution < -0.4 is 17.0 Å². The average molecular weight is 329 g/mol. The Bertz CT molecular complexity index is 904. The molecule has 0 spiro atoms. The van der Waals surface area contributed by atoms with Crippen molar-refractivity contribution in [2.45, 2.75) is 18.4 Å². The third kappa shape index (κ3) is 3.57. The number of rotatable bonds is 4. The van der Waals surface area contributed by atoms with Crippen LogP contribution in [0.25, 0.3) is 5.65 Å². The minimum Gasteiger partial charge on any atom is -0.368 e. The maximum absolute atomic E-state index is 12.1. The second-order valence-corrected chi connectivity index (χ2v) is 5.96. The summed E-state index contributed by atoms with van der Waals surface area (Å²) in [6.07, 6.45) is 1.73. The molecule has 3 aromatic heterocycles. The molecule has 0 radical (unpaired) electrons. The van der Waals surface area contributed by atoms with Crippen molar-refractivity contribution in [3.05, 3.63) is 51.8 Å². The van der Waals surface area contributed by atoms with Crippen LogP contribution in [-0.2, 0) is 11.5 Å². The van der Waals surface area contributed by atoms with Gasteiger partial charge in [0, 0.05) is 18.0 Å². The van der Waals surface area contributed by atoms with Crippen LogP contribution >= 0.6 is 11.8 Å². The van der Waals surface area contributed by atoms with E-state index in [1.807, 2.05) is 19.1 Å². The molecule has 9 heteroatoms. The molecule has 0 aliphatic carbocycles. The molecule has 0 saturated heterocycles. The summed E-state index contributed by atoms with van der Waals surface area (Å²) >= 11 is 1.52. The third-order valence-electron chi connectivity index (χ3n) is 3.07. The molecule has 23 heavy (non-hydrogen) atoms. The Hall–Kier alpha value is -2.68. The molecule has 0 saturated carbocycles. The van der Waals surface area contributed by atoms with Gasteiger partial charge in [-0.25, -0.2) is 4.98 Å². The predicted molar refractivity (Wildman–Crippen MR) is 89.8 cm³/mol. The number of hydrogen-bond donors (Lipinski definition) is 2. The van der Waals surface area contributed by atoms with E-state index in [1.54, 1.807) is 6.20 Å². The molecule has 3 heterocycles. The molecule has 0 atom stereocenters. The van der Waals surface area contributed by atoms with Crippen molar-refractivity contribution in [1.82, 2.24) is 24.3 Å². The van der Waals surface area contributed by atoms with Crippen LogP contribution in [0.4, 0.5) is 11.9 Å². The molecule has 3 aromatic rings. The first kappa shape index (κ1) is 15.2. The summed E-state index contributed by atoms with van der Waals surface area (Å²) < 4.78 is 1.52. The number of nitrogens with two attached hydrogens (primary N) is 2. The summed E-state index contributed by atoms with van der Waals surface area (Å²) in [6, 6.07) is 5.29. The van der Waals surface area contributed by atoms with Crippen molar-refractivity contribution in [3.8, 4) is 0 Å². The van der Waals surface area contributed by atoms with E-state index in [-0.39, 0.29) is 17.5 Å². The first-order valence-electron chi connectivity index (χ1n) is 6.84. The molecule has 0 unspecified atom stereocenters. The van der Waals surface area contributed by atoms with Crippen molar-refractivity contribution in [2.75, 3.05) is 11.5 Å². The summed E-state index contributed by atoms with van der Waals surface area (Å²) in [7, 11) is 0. The van der Waals surface area contributed by atoms with Gasteiger partial charge in [0.25, 0.3) is 5.56 Å². The van der Waals surface area contributed by atoms with Gasteiger partial charge in [0.1, 0.15) is 11.5 Å². The zero-order valence-electron chi connectivity index (χ0n) is 12.4. The SMILES string of the molecule is Cc1ccn2c(=O)cc(CSCc3nc(N)nc(N)n3)nc2c1. The van der Waals surface area contributed by atoms with Gasteiger partial charge in [-0.15, -0.1) is 11.8 Å².